The monoisotopic (exact) mass is 209 g/mol. The number of hydrogen-bond donors (Lipinski definition) is 1. The molecule has 11 heavy (non-hydrogen) atoms. The number of hydrogen-bond acceptors (Lipinski definition) is 2. The van der Waals surface area contributed by atoms with Crippen molar-refractivity contribution in [3.63, 3.8) is 0 Å². The molecule has 0 aromatic carbocycles. The van der Waals surface area contributed by atoms with Gasteiger partial charge in [-0.25, -0.2) is 0 Å². The van der Waals surface area contributed by atoms with Crippen LogP contribution in [0.1, 0.15) is 19.3 Å². The third-order valence-corrected chi connectivity index (χ3v) is 2.72. The van der Waals surface area contributed by atoms with Crippen LogP contribution in [0.3, 0.4) is 0 Å². The van der Waals surface area contributed by atoms with Gasteiger partial charge in [0.25, 0.3) is 0 Å². The van der Waals surface area contributed by atoms with Gasteiger partial charge in [-0.15, -0.1) is 0 Å². The maximum absolute atomic E-state index is 4.23. The Morgan fingerprint density at radius 3 is 2.27 bits per heavy atom. The molecule has 0 atom stereocenters. The van der Waals surface area contributed by atoms with Crippen LogP contribution in [0.25, 0.3) is 0 Å². The van der Waals surface area contributed by atoms with E-state index >= 15 is 0 Å². The minimum atomic E-state index is 0. The summed E-state index contributed by atoms with van der Waals surface area (Å²) in [5.74, 6) is 1.81. The van der Waals surface area contributed by atoms with E-state index < -0.39 is 0 Å². The van der Waals surface area contributed by atoms with Gasteiger partial charge in [0.2, 0.25) is 0 Å². The van der Waals surface area contributed by atoms with Crippen molar-refractivity contribution >= 4 is 12.6 Å². The fourth-order valence-electron chi connectivity index (χ4n) is 1.42. The van der Waals surface area contributed by atoms with Crippen LogP contribution in [0, 0.1) is 12.8 Å². The van der Waals surface area contributed by atoms with Crippen molar-refractivity contribution in [1.29, 1.82) is 0 Å². The van der Waals surface area contributed by atoms with E-state index in [0.717, 1.165) is 18.2 Å². The Morgan fingerprint density at radius 1 is 1.36 bits per heavy atom. The fraction of sp³-hybridized carbons (Fsp3) is 0.875. The molecule has 1 heterocycles. The normalized spacial score (nSPS) is 21.3. The van der Waals surface area contributed by atoms with Crippen molar-refractivity contribution in [1.82, 2.24) is 4.90 Å². The maximum Gasteiger partial charge on any atom is 0.0414 e. The summed E-state index contributed by atoms with van der Waals surface area (Å²) in [5, 5.41) is 0. The standard InChI is InChI=1S/C8H16NS.V/c1-2-8-3-5-9(7-10)6-4-8;/h8,10H,1-7H2;/q-1;. The molecule has 0 N–H and O–H groups in total. The fourth-order valence-corrected chi connectivity index (χ4v) is 1.70. The first-order chi connectivity index (χ1) is 4.86. The van der Waals surface area contributed by atoms with Crippen LogP contribution in [0.15, 0.2) is 0 Å². The molecule has 1 saturated heterocycles. The van der Waals surface area contributed by atoms with Gasteiger partial charge in [0.1, 0.15) is 0 Å². The van der Waals surface area contributed by atoms with Gasteiger partial charge in [-0.3, -0.25) is 4.90 Å². The van der Waals surface area contributed by atoms with Gasteiger partial charge in [-0.1, -0.05) is 5.92 Å². The van der Waals surface area contributed by atoms with E-state index in [1.165, 1.54) is 25.9 Å². The molecule has 0 unspecified atom stereocenters. The molecule has 1 rings (SSSR count). The van der Waals surface area contributed by atoms with Crippen LogP contribution < -0.4 is 0 Å². The molecule has 3 heteroatoms. The van der Waals surface area contributed by atoms with Gasteiger partial charge in [-0.05, 0) is 25.9 Å². The third kappa shape index (κ3) is 3.89. The zero-order chi connectivity index (χ0) is 7.40. The van der Waals surface area contributed by atoms with Crippen LogP contribution >= 0.6 is 12.6 Å². The molecule has 1 aliphatic rings. The number of likely N-dealkylation sites (tertiary alicyclic amines) is 1. The summed E-state index contributed by atoms with van der Waals surface area (Å²) in [6.07, 6.45) is 3.76. The quantitative estimate of drug-likeness (QED) is 0.536. The molecule has 1 fully saturated rings. The second kappa shape index (κ2) is 6.41. The third-order valence-electron chi connectivity index (χ3n) is 2.32. The smallest absolute Gasteiger partial charge is 0.0414 e. The predicted octanol–water partition coefficient (Wildman–Crippen LogP) is 1.81. The molecule has 1 aliphatic heterocycles. The van der Waals surface area contributed by atoms with E-state index in [2.05, 4.69) is 24.5 Å². The Kier molecular flexibility index (Phi) is 6.94. The van der Waals surface area contributed by atoms with Gasteiger partial charge in [-0.2, -0.15) is 19.0 Å². The van der Waals surface area contributed by atoms with Crippen LogP contribution in [-0.4, -0.2) is 23.9 Å². The molecule has 0 aliphatic carbocycles. The number of piperidine rings is 1. The van der Waals surface area contributed by atoms with Crippen LogP contribution in [0.5, 0.6) is 0 Å². The summed E-state index contributed by atoms with van der Waals surface area (Å²) >= 11 is 4.23. The minimum Gasteiger partial charge on any atom is -0.343 e. The van der Waals surface area contributed by atoms with E-state index in [1.807, 2.05) is 0 Å². The molecular formula is C8H16NSV-. The largest absolute Gasteiger partial charge is 0.343 e. The summed E-state index contributed by atoms with van der Waals surface area (Å²) in [5.41, 5.74) is 0. The molecule has 0 spiro atoms. The molecule has 0 aromatic rings. The first-order valence-corrected chi connectivity index (χ1v) is 4.62. The van der Waals surface area contributed by atoms with E-state index in [4.69, 9.17) is 0 Å². The molecule has 1 nitrogen and oxygen atoms in total. The molecule has 0 saturated carbocycles. The number of rotatable bonds is 2. The van der Waals surface area contributed by atoms with Crippen molar-refractivity contribution < 1.29 is 18.6 Å². The Balaban J connectivity index is 0.000001000. The molecule has 0 amide bonds. The van der Waals surface area contributed by atoms with Crippen LogP contribution in [0.2, 0.25) is 0 Å². The molecule has 1 radical (unpaired) electrons. The van der Waals surface area contributed by atoms with E-state index in [0.29, 0.717) is 0 Å². The number of thiol groups is 1. The zero-order valence-electron chi connectivity index (χ0n) is 6.87. The molecule has 0 bridgehead atoms. The molecule has 0 aromatic heterocycles. The summed E-state index contributed by atoms with van der Waals surface area (Å²) in [6.45, 7) is 6.37. The Bertz CT molecular complexity index is 80.1. The van der Waals surface area contributed by atoms with Crippen LogP contribution in [-0.2, 0) is 18.6 Å². The second-order valence-electron chi connectivity index (χ2n) is 2.99. The Labute approximate surface area is 87.2 Å². The van der Waals surface area contributed by atoms with E-state index in [-0.39, 0.29) is 18.6 Å². The van der Waals surface area contributed by atoms with Crippen molar-refractivity contribution in [2.24, 2.45) is 5.92 Å². The summed E-state index contributed by atoms with van der Waals surface area (Å²) in [4.78, 5) is 2.38. The Hall–Kier alpha value is 0.894. The van der Waals surface area contributed by atoms with E-state index in [9.17, 15) is 0 Å². The molecule has 65 valence electrons. The second-order valence-corrected chi connectivity index (χ2v) is 3.27. The summed E-state index contributed by atoms with van der Waals surface area (Å²) in [7, 11) is 0. The van der Waals surface area contributed by atoms with Gasteiger partial charge in [0.15, 0.2) is 0 Å². The number of nitrogens with zero attached hydrogens (tertiary/aromatic N) is 1. The van der Waals surface area contributed by atoms with Crippen molar-refractivity contribution in [2.45, 2.75) is 19.3 Å². The molecular weight excluding hydrogens is 193 g/mol. The first kappa shape index (κ1) is 11.9. The van der Waals surface area contributed by atoms with Crippen molar-refractivity contribution in [3.05, 3.63) is 6.92 Å². The average Bonchev–Trinajstić information content (AvgIpc) is 2.05. The van der Waals surface area contributed by atoms with Gasteiger partial charge < -0.3 is 6.92 Å². The minimum absolute atomic E-state index is 0. The topological polar surface area (TPSA) is 3.24 Å². The van der Waals surface area contributed by atoms with Crippen molar-refractivity contribution in [2.75, 3.05) is 19.0 Å². The van der Waals surface area contributed by atoms with E-state index in [1.54, 1.807) is 0 Å². The van der Waals surface area contributed by atoms with Gasteiger partial charge in [0, 0.05) is 24.4 Å². The average molecular weight is 209 g/mol. The first-order valence-electron chi connectivity index (χ1n) is 3.99. The van der Waals surface area contributed by atoms with Gasteiger partial charge >= 0.3 is 0 Å². The SMILES string of the molecule is [CH2-]CC1CCN(CS)CC1.[V]. The maximum atomic E-state index is 4.23. The summed E-state index contributed by atoms with van der Waals surface area (Å²) in [6, 6.07) is 0. The predicted molar refractivity (Wildman–Crippen MR) is 48.1 cm³/mol. The summed E-state index contributed by atoms with van der Waals surface area (Å²) < 4.78 is 0. The zero-order valence-corrected chi connectivity index (χ0v) is 9.16. The van der Waals surface area contributed by atoms with Gasteiger partial charge in [0.05, 0.1) is 0 Å². The van der Waals surface area contributed by atoms with Crippen LogP contribution in [0.4, 0.5) is 0 Å². The Morgan fingerprint density at radius 2 is 1.91 bits per heavy atom. The van der Waals surface area contributed by atoms with Crippen molar-refractivity contribution in [3.8, 4) is 0 Å².